The number of nitrogens with zero attached hydrogens (tertiary/aromatic N) is 6. The minimum atomic E-state index is -0.338. The number of benzene rings is 2. The molecule has 0 amide bonds. The molecule has 7 nitrogen and oxygen atoms in total. The molecule has 0 aliphatic carbocycles. The van der Waals surface area contributed by atoms with Gasteiger partial charge in [-0.15, -0.1) is 5.10 Å². The molecule has 0 unspecified atom stereocenters. The van der Waals surface area contributed by atoms with E-state index in [9.17, 15) is 4.39 Å². The molecule has 4 rings (SSSR count). The van der Waals surface area contributed by atoms with Gasteiger partial charge in [-0.25, -0.2) is 9.07 Å². The highest BCUT2D eigenvalue weighted by Crippen LogP contribution is 2.30. The van der Waals surface area contributed by atoms with Crippen LogP contribution >= 0.6 is 11.6 Å². The second-order valence-electron chi connectivity index (χ2n) is 5.74. The molecular formula is C19H14ClFN6O. The number of aromatic nitrogens is 6. The van der Waals surface area contributed by atoms with Gasteiger partial charge in [0.05, 0.1) is 0 Å². The van der Waals surface area contributed by atoms with E-state index in [0.717, 1.165) is 0 Å². The summed E-state index contributed by atoms with van der Waals surface area (Å²) in [6.07, 6.45) is 0. The Morgan fingerprint density at radius 3 is 2.46 bits per heavy atom. The third kappa shape index (κ3) is 3.67. The maximum Gasteiger partial charge on any atom is 0.326 e. The molecular weight excluding hydrogens is 383 g/mol. The number of para-hydroxylation sites is 1. The SMILES string of the molecule is CCn1nnc(-c2ccc(F)cc2)c1-c1nc(Cl)nc(Oc2ccccc2)n1. The molecule has 2 aromatic heterocycles. The average molecular weight is 397 g/mol. The van der Waals surface area contributed by atoms with Crippen molar-refractivity contribution < 1.29 is 9.13 Å². The highest BCUT2D eigenvalue weighted by molar-refractivity contribution is 6.28. The molecule has 0 radical (unpaired) electrons. The van der Waals surface area contributed by atoms with Crippen LogP contribution < -0.4 is 4.74 Å². The number of ether oxygens (including phenoxy) is 1. The quantitative estimate of drug-likeness (QED) is 0.497. The van der Waals surface area contributed by atoms with Crippen LogP contribution in [-0.2, 0) is 6.54 Å². The number of rotatable bonds is 5. The van der Waals surface area contributed by atoms with Crippen molar-refractivity contribution in [1.29, 1.82) is 0 Å². The van der Waals surface area contributed by atoms with E-state index in [1.807, 2.05) is 25.1 Å². The summed E-state index contributed by atoms with van der Waals surface area (Å²) in [5.74, 6) is 0.489. The van der Waals surface area contributed by atoms with Crippen molar-refractivity contribution in [3.8, 4) is 34.5 Å². The lowest BCUT2D eigenvalue weighted by Gasteiger charge is -2.08. The normalized spacial score (nSPS) is 10.8. The molecule has 0 saturated carbocycles. The van der Waals surface area contributed by atoms with Gasteiger partial charge >= 0.3 is 6.01 Å². The van der Waals surface area contributed by atoms with Crippen molar-refractivity contribution in [3.63, 3.8) is 0 Å². The molecule has 28 heavy (non-hydrogen) atoms. The smallest absolute Gasteiger partial charge is 0.326 e. The molecule has 0 spiro atoms. The first kappa shape index (κ1) is 18.0. The standard InChI is InChI=1S/C19H14ClFN6O/c1-2-27-16(15(25-26-27)12-8-10-13(21)11-9-12)17-22-18(20)24-19(23-17)28-14-6-4-3-5-7-14/h3-11H,2H2,1H3. The summed E-state index contributed by atoms with van der Waals surface area (Å²) >= 11 is 6.11. The summed E-state index contributed by atoms with van der Waals surface area (Å²) < 4.78 is 20.6. The fourth-order valence-electron chi connectivity index (χ4n) is 2.64. The Hall–Kier alpha value is -3.39. The van der Waals surface area contributed by atoms with Gasteiger partial charge in [-0.3, -0.25) is 0 Å². The van der Waals surface area contributed by atoms with Crippen molar-refractivity contribution in [2.75, 3.05) is 0 Å². The Morgan fingerprint density at radius 1 is 1.00 bits per heavy atom. The van der Waals surface area contributed by atoms with Gasteiger partial charge < -0.3 is 4.74 Å². The summed E-state index contributed by atoms with van der Waals surface area (Å²) in [4.78, 5) is 12.6. The van der Waals surface area contributed by atoms with E-state index in [1.54, 1.807) is 28.9 Å². The van der Waals surface area contributed by atoms with Gasteiger partial charge in [0, 0.05) is 12.1 Å². The molecule has 4 aromatic rings. The van der Waals surface area contributed by atoms with Crippen LogP contribution in [0, 0.1) is 5.82 Å². The van der Waals surface area contributed by atoms with E-state index in [2.05, 4.69) is 25.3 Å². The van der Waals surface area contributed by atoms with Crippen LogP contribution in [0.5, 0.6) is 11.8 Å². The predicted molar refractivity (Wildman–Crippen MR) is 101 cm³/mol. The molecule has 2 aromatic carbocycles. The summed E-state index contributed by atoms with van der Waals surface area (Å²) in [6.45, 7) is 2.44. The number of halogens is 2. The molecule has 0 saturated heterocycles. The summed E-state index contributed by atoms with van der Waals surface area (Å²) in [5.41, 5.74) is 1.73. The van der Waals surface area contributed by atoms with Crippen LogP contribution in [0.15, 0.2) is 54.6 Å². The highest BCUT2D eigenvalue weighted by Gasteiger charge is 2.21. The molecule has 9 heteroatoms. The first-order valence-corrected chi connectivity index (χ1v) is 8.86. The Labute approximate surface area is 164 Å². The molecule has 0 atom stereocenters. The molecule has 0 N–H and O–H groups in total. The van der Waals surface area contributed by atoms with Gasteiger partial charge in [0.25, 0.3) is 0 Å². The van der Waals surface area contributed by atoms with Crippen LogP contribution in [0.1, 0.15) is 6.92 Å². The van der Waals surface area contributed by atoms with Gasteiger partial charge in [-0.1, -0.05) is 23.4 Å². The fourth-order valence-corrected chi connectivity index (χ4v) is 2.79. The average Bonchev–Trinajstić information content (AvgIpc) is 3.13. The minimum absolute atomic E-state index is 0.0233. The lowest BCUT2D eigenvalue weighted by atomic mass is 10.1. The van der Waals surface area contributed by atoms with Crippen molar-refractivity contribution >= 4 is 11.6 Å². The molecule has 0 aliphatic rings. The molecule has 0 bridgehead atoms. The topological polar surface area (TPSA) is 78.6 Å². The van der Waals surface area contributed by atoms with Crippen LogP contribution in [0.4, 0.5) is 4.39 Å². The van der Waals surface area contributed by atoms with E-state index in [4.69, 9.17) is 16.3 Å². The van der Waals surface area contributed by atoms with Gasteiger partial charge in [0.1, 0.15) is 23.0 Å². The zero-order valence-electron chi connectivity index (χ0n) is 14.8. The molecule has 0 fully saturated rings. The van der Waals surface area contributed by atoms with E-state index in [-0.39, 0.29) is 22.9 Å². The maximum atomic E-state index is 13.3. The predicted octanol–water partition coefficient (Wildman–Crippen LogP) is 4.40. The van der Waals surface area contributed by atoms with Crippen LogP contribution in [0.3, 0.4) is 0 Å². The van der Waals surface area contributed by atoms with E-state index in [0.29, 0.717) is 29.2 Å². The fraction of sp³-hybridized carbons (Fsp3) is 0.105. The summed E-state index contributed by atoms with van der Waals surface area (Å²) in [5, 5.41) is 8.33. The Morgan fingerprint density at radius 2 is 1.75 bits per heavy atom. The van der Waals surface area contributed by atoms with Crippen LogP contribution in [0.25, 0.3) is 22.8 Å². The monoisotopic (exact) mass is 396 g/mol. The number of hydrogen-bond donors (Lipinski definition) is 0. The van der Waals surface area contributed by atoms with Crippen LogP contribution in [0.2, 0.25) is 5.28 Å². The van der Waals surface area contributed by atoms with Crippen molar-refractivity contribution in [2.45, 2.75) is 13.5 Å². The number of aryl methyl sites for hydroxylation is 1. The van der Waals surface area contributed by atoms with Gasteiger partial charge in [-0.05, 0) is 54.9 Å². The Kier molecular flexibility index (Phi) is 4.94. The lowest BCUT2D eigenvalue weighted by Crippen LogP contribution is -2.04. The van der Waals surface area contributed by atoms with E-state index in [1.165, 1.54) is 12.1 Å². The van der Waals surface area contributed by atoms with E-state index >= 15 is 0 Å². The zero-order chi connectivity index (χ0) is 19.5. The summed E-state index contributed by atoms with van der Waals surface area (Å²) in [6, 6.07) is 15.1. The second-order valence-corrected chi connectivity index (χ2v) is 6.07. The van der Waals surface area contributed by atoms with Crippen molar-refractivity contribution in [2.24, 2.45) is 0 Å². The third-order valence-electron chi connectivity index (χ3n) is 3.90. The summed E-state index contributed by atoms with van der Waals surface area (Å²) in [7, 11) is 0. The molecule has 2 heterocycles. The van der Waals surface area contributed by atoms with Crippen LogP contribution in [-0.4, -0.2) is 29.9 Å². The minimum Gasteiger partial charge on any atom is -0.424 e. The molecule has 140 valence electrons. The van der Waals surface area contributed by atoms with Gasteiger partial charge in [0.15, 0.2) is 5.82 Å². The second kappa shape index (κ2) is 7.69. The lowest BCUT2D eigenvalue weighted by molar-refractivity contribution is 0.440. The largest absolute Gasteiger partial charge is 0.424 e. The molecule has 0 aliphatic heterocycles. The van der Waals surface area contributed by atoms with Gasteiger partial charge in [-0.2, -0.15) is 15.0 Å². The van der Waals surface area contributed by atoms with Crippen molar-refractivity contribution in [3.05, 3.63) is 65.7 Å². The Bertz CT molecular complexity index is 1100. The number of hydrogen-bond acceptors (Lipinski definition) is 6. The highest BCUT2D eigenvalue weighted by atomic mass is 35.5. The third-order valence-corrected chi connectivity index (χ3v) is 4.07. The first-order valence-electron chi connectivity index (χ1n) is 8.48. The zero-order valence-corrected chi connectivity index (χ0v) is 15.5. The first-order chi connectivity index (χ1) is 13.6. The maximum absolute atomic E-state index is 13.3. The van der Waals surface area contributed by atoms with Gasteiger partial charge in [0.2, 0.25) is 5.28 Å². The van der Waals surface area contributed by atoms with E-state index < -0.39 is 0 Å². The van der Waals surface area contributed by atoms with Crippen molar-refractivity contribution in [1.82, 2.24) is 29.9 Å². The Balaban J connectivity index is 1.80.